The molecule has 2 aromatic heterocycles. The summed E-state index contributed by atoms with van der Waals surface area (Å²) in [6, 6.07) is 11.7. The van der Waals surface area contributed by atoms with Gasteiger partial charge in [0.15, 0.2) is 5.82 Å². The molecular formula is C33H44N8O3. The maximum atomic E-state index is 11.0. The van der Waals surface area contributed by atoms with Crippen LogP contribution in [0, 0.1) is 11.3 Å². The molecule has 234 valence electrons. The molecule has 11 heteroatoms. The Morgan fingerprint density at radius 3 is 2.27 bits per heavy atom. The summed E-state index contributed by atoms with van der Waals surface area (Å²) in [7, 11) is 3.35. The third-order valence-electron chi connectivity index (χ3n) is 9.97. The van der Waals surface area contributed by atoms with Gasteiger partial charge in [-0.25, -0.2) is 9.97 Å². The number of nitrogens with zero attached hydrogens (tertiary/aromatic N) is 7. The zero-order chi connectivity index (χ0) is 30.5. The van der Waals surface area contributed by atoms with E-state index in [1.54, 1.807) is 6.07 Å². The monoisotopic (exact) mass is 600 g/mol. The number of benzene rings is 1. The van der Waals surface area contributed by atoms with Crippen LogP contribution in [0.1, 0.15) is 44.9 Å². The molecule has 1 spiro atoms. The third kappa shape index (κ3) is 6.43. The molecule has 2 saturated carbocycles. The van der Waals surface area contributed by atoms with Crippen LogP contribution in [-0.4, -0.2) is 95.6 Å². The quantitative estimate of drug-likeness (QED) is 0.396. The van der Waals surface area contributed by atoms with Crippen molar-refractivity contribution < 1.29 is 14.6 Å². The summed E-state index contributed by atoms with van der Waals surface area (Å²) in [4.78, 5) is 27.1. The highest BCUT2D eigenvalue weighted by Crippen LogP contribution is 2.58. The standard InChI is InChI=1S/C24H30N8O.C9H14O2/c1-25-23-21(17-20(28-29-23)19-5-2-3-6-22(19)33)31-15-13-30(14-16-31)18-7-11-32(12-8-18)24-26-9-4-10-27-24;1-11-8(10)7-5-9(6-7)3-2-4-9/h2-6,9-10,17-18,33H,7-8,11-16H2,1H3,(H,25,29);7H,2-6H2,1H3. The number of aromatic nitrogens is 4. The largest absolute Gasteiger partial charge is 0.507 e. The van der Waals surface area contributed by atoms with Gasteiger partial charge in [-0.2, -0.15) is 0 Å². The number of para-hydroxylation sites is 1. The van der Waals surface area contributed by atoms with E-state index in [1.807, 2.05) is 49.8 Å². The fourth-order valence-electron chi connectivity index (χ4n) is 7.24. The van der Waals surface area contributed by atoms with E-state index in [0.717, 1.165) is 82.4 Å². The van der Waals surface area contributed by atoms with E-state index in [0.29, 0.717) is 22.7 Å². The summed E-state index contributed by atoms with van der Waals surface area (Å²) in [5.41, 5.74) is 3.00. The van der Waals surface area contributed by atoms with Crippen LogP contribution >= 0.6 is 0 Å². The molecule has 0 amide bonds. The summed E-state index contributed by atoms with van der Waals surface area (Å²) in [6.07, 6.45) is 12.1. The first kappa shape index (κ1) is 30.1. The van der Waals surface area contributed by atoms with Crippen molar-refractivity contribution in [1.29, 1.82) is 0 Å². The number of hydrogen-bond acceptors (Lipinski definition) is 11. The van der Waals surface area contributed by atoms with Crippen LogP contribution in [0.2, 0.25) is 0 Å². The van der Waals surface area contributed by atoms with Gasteiger partial charge < -0.3 is 25.0 Å². The minimum absolute atomic E-state index is 0.00234. The predicted molar refractivity (Wildman–Crippen MR) is 171 cm³/mol. The smallest absolute Gasteiger partial charge is 0.308 e. The predicted octanol–water partition coefficient (Wildman–Crippen LogP) is 4.21. The Morgan fingerprint density at radius 1 is 0.955 bits per heavy atom. The van der Waals surface area contributed by atoms with Gasteiger partial charge in [-0.15, -0.1) is 10.2 Å². The second-order valence-corrected chi connectivity index (χ2v) is 12.5. The molecule has 2 saturated heterocycles. The van der Waals surface area contributed by atoms with Gasteiger partial charge in [-0.3, -0.25) is 9.69 Å². The van der Waals surface area contributed by atoms with Gasteiger partial charge in [0.25, 0.3) is 0 Å². The lowest BCUT2D eigenvalue weighted by Gasteiger charge is -2.53. The van der Waals surface area contributed by atoms with E-state index < -0.39 is 0 Å². The number of carbonyl (C=O) groups is 1. The molecule has 4 aliphatic rings. The number of methoxy groups -OCH3 is 1. The van der Waals surface area contributed by atoms with Crippen LogP contribution in [0.5, 0.6) is 5.75 Å². The molecule has 11 nitrogen and oxygen atoms in total. The number of piperidine rings is 1. The third-order valence-corrected chi connectivity index (χ3v) is 9.97. The van der Waals surface area contributed by atoms with Crippen molar-refractivity contribution in [2.75, 3.05) is 68.5 Å². The second-order valence-electron chi connectivity index (χ2n) is 12.5. The highest BCUT2D eigenvalue weighted by Gasteiger charge is 2.51. The fourth-order valence-corrected chi connectivity index (χ4v) is 7.24. The van der Waals surface area contributed by atoms with Crippen LogP contribution in [0.4, 0.5) is 17.5 Å². The van der Waals surface area contributed by atoms with Crippen LogP contribution in [0.3, 0.4) is 0 Å². The molecule has 44 heavy (non-hydrogen) atoms. The molecule has 7 rings (SSSR count). The first-order chi connectivity index (χ1) is 21.5. The van der Waals surface area contributed by atoms with Gasteiger partial charge in [-0.1, -0.05) is 18.6 Å². The average molecular weight is 601 g/mol. The van der Waals surface area contributed by atoms with E-state index in [-0.39, 0.29) is 17.6 Å². The molecule has 2 aliphatic heterocycles. The Balaban J connectivity index is 0.000000261. The number of phenols is 1. The number of carbonyl (C=O) groups excluding carboxylic acids is 1. The lowest BCUT2D eigenvalue weighted by atomic mass is 9.52. The molecule has 0 atom stereocenters. The molecule has 0 radical (unpaired) electrons. The van der Waals surface area contributed by atoms with Crippen molar-refractivity contribution >= 4 is 23.4 Å². The fraction of sp³-hybridized carbons (Fsp3) is 0.545. The molecule has 4 fully saturated rings. The Hall–Kier alpha value is -3.99. The van der Waals surface area contributed by atoms with Gasteiger partial charge in [0.05, 0.1) is 24.4 Å². The number of anilines is 3. The lowest BCUT2D eigenvalue weighted by molar-refractivity contribution is -0.158. The number of aromatic hydroxyl groups is 1. The van der Waals surface area contributed by atoms with E-state index in [1.165, 1.54) is 26.4 Å². The zero-order valence-corrected chi connectivity index (χ0v) is 25.9. The highest BCUT2D eigenvalue weighted by atomic mass is 16.5. The number of piperazine rings is 1. The van der Waals surface area contributed by atoms with Gasteiger partial charge >= 0.3 is 5.97 Å². The van der Waals surface area contributed by atoms with Crippen LogP contribution in [-0.2, 0) is 9.53 Å². The summed E-state index contributed by atoms with van der Waals surface area (Å²) >= 11 is 0. The Bertz CT molecular complexity index is 1400. The van der Waals surface area contributed by atoms with Crippen molar-refractivity contribution in [2.45, 2.75) is 51.0 Å². The summed E-state index contributed by atoms with van der Waals surface area (Å²) in [5.74, 6) is 2.06. The molecule has 0 unspecified atom stereocenters. The van der Waals surface area contributed by atoms with Gasteiger partial charge in [0.1, 0.15) is 5.75 Å². The first-order valence-corrected chi connectivity index (χ1v) is 15.9. The van der Waals surface area contributed by atoms with Crippen LogP contribution in [0.25, 0.3) is 11.3 Å². The summed E-state index contributed by atoms with van der Waals surface area (Å²) in [5, 5.41) is 22.1. The zero-order valence-electron chi connectivity index (χ0n) is 25.9. The van der Waals surface area contributed by atoms with Gasteiger partial charge in [-0.05, 0) is 68.2 Å². The van der Waals surface area contributed by atoms with Crippen LogP contribution < -0.4 is 15.1 Å². The molecule has 2 aliphatic carbocycles. The number of hydrogen-bond donors (Lipinski definition) is 2. The highest BCUT2D eigenvalue weighted by molar-refractivity contribution is 5.75. The van der Waals surface area contributed by atoms with Crippen molar-refractivity contribution in [3.05, 3.63) is 48.8 Å². The number of phenolic OH excluding ortho intramolecular Hbond substituents is 1. The Morgan fingerprint density at radius 2 is 1.66 bits per heavy atom. The number of rotatable bonds is 6. The maximum absolute atomic E-state index is 11.0. The van der Waals surface area contributed by atoms with E-state index in [4.69, 9.17) is 0 Å². The van der Waals surface area contributed by atoms with Gasteiger partial charge in [0, 0.05) is 70.3 Å². The molecule has 0 bridgehead atoms. The molecule has 2 N–H and O–H groups in total. The first-order valence-electron chi connectivity index (χ1n) is 15.9. The summed E-state index contributed by atoms with van der Waals surface area (Å²) < 4.78 is 4.68. The number of nitrogens with one attached hydrogen (secondary N) is 1. The minimum Gasteiger partial charge on any atom is -0.507 e. The SMILES string of the molecule is CNc1nnc(-c2ccccc2O)cc1N1CCN(C2CCN(c3ncccn3)CC2)CC1.COC(=O)C1CC2(CCC2)C1. The van der Waals surface area contributed by atoms with Crippen molar-refractivity contribution in [2.24, 2.45) is 11.3 Å². The molecular weight excluding hydrogens is 556 g/mol. The Kier molecular flexibility index (Phi) is 9.11. The Labute approximate surface area is 259 Å². The van der Waals surface area contributed by atoms with Crippen LogP contribution in [0.15, 0.2) is 48.8 Å². The maximum Gasteiger partial charge on any atom is 0.308 e. The van der Waals surface area contributed by atoms with E-state index in [2.05, 4.69) is 44.9 Å². The molecule has 1 aromatic carbocycles. The lowest BCUT2D eigenvalue weighted by Crippen LogP contribution is -2.53. The second kappa shape index (κ2) is 13.3. The van der Waals surface area contributed by atoms with E-state index in [9.17, 15) is 9.90 Å². The van der Waals surface area contributed by atoms with Crippen molar-refractivity contribution in [3.8, 4) is 17.0 Å². The normalized spacial score (nSPS) is 20.2. The topological polar surface area (TPSA) is 120 Å². The molecule has 4 heterocycles. The number of ether oxygens (including phenoxy) is 1. The van der Waals surface area contributed by atoms with E-state index >= 15 is 0 Å². The minimum atomic E-state index is 0.00234. The van der Waals surface area contributed by atoms with Crippen molar-refractivity contribution in [3.63, 3.8) is 0 Å². The number of esters is 1. The van der Waals surface area contributed by atoms with Crippen molar-refractivity contribution in [1.82, 2.24) is 25.1 Å². The molecule has 3 aromatic rings. The summed E-state index contributed by atoms with van der Waals surface area (Å²) in [6.45, 7) is 5.90. The van der Waals surface area contributed by atoms with Gasteiger partial charge in [0.2, 0.25) is 5.95 Å². The average Bonchev–Trinajstić information content (AvgIpc) is 3.04.